The summed E-state index contributed by atoms with van der Waals surface area (Å²) < 4.78 is 13.5. The monoisotopic (exact) mass is 255 g/mol. The second kappa shape index (κ2) is 6.49. The van der Waals surface area contributed by atoms with Crippen LogP contribution in [-0.4, -0.2) is 16.5 Å². The Morgan fingerprint density at radius 2 is 1.89 bits per heavy atom. The molecule has 1 aromatic heterocycles. The molecular weight excluding hydrogens is 233 g/mol. The molecule has 6 heteroatoms. The minimum Gasteiger partial charge on any atom is -0.367 e. The van der Waals surface area contributed by atoms with Gasteiger partial charge in [-0.25, -0.2) is 15.2 Å². The molecule has 1 aromatic rings. The Labute approximate surface area is 107 Å². The van der Waals surface area contributed by atoms with E-state index in [1.807, 2.05) is 0 Å². The van der Waals surface area contributed by atoms with Gasteiger partial charge in [-0.15, -0.1) is 0 Å². The molecule has 0 atom stereocenters. The van der Waals surface area contributed by atoms with Gasteiger partial charge in [-0.1, -0.05) is 27.7 Å². The second-order valence-corrected chi connectivity index (χ2v) is 5.07. The van der Waals surface area contributed by atoms with Crippen molar-refractivity contribution in [3.8, 4) is 0 Å². The number of halogens is 1. The third-order valence-electron chi connectivity index (χ3n) is 3.09. The quantitative estimate of drug-likeness (QED) is 0.537. The zero-order valence-corrected chi connectivity index (χ0v) is 11.4. The average Bonchev–Trinajstić information content (AvgIpc) is 2.30. The van der Waals surface area contributed by atoms with Gasteiger partial charge in [0.2, 0.25) is 5.95 Å². The molecule has 0 aliphatic carbocycles. The number of anilines is 2. The van der Waals surface area contributed by atoms with Crippen molar-refractivity contribution in [1.82, 2.24) is 9.97 Å². The number of hydrogen-bond donors (Lipinski definition) is 3. The van der Waals surface area contributed by atoms with E-state index in [1.165, 1.54) is 0 Å². The molecule has 1 rings (SSSR count). The molecule has 0 spiro atoms. The normalized spacial score (nSPS) is 11.4. The predicted octanol–water partition coefficient (Wildman–Crippen LogP) is 2.24. The van der Waals surface area contributed by atoms with Crippen molar-refractivity contribution in [2.45, 2.75) is 27.7 Å². The smallest absolute Gasteiger partial charge is 0.239 e. The maximum atomic E-state index is 13.5. The summed E-state index contributed by atoms with van der Waals surface area (Å²) in [5, 5.41) is 3.03. The number of nitrogen functional groups attached to an aromatic ring is 1. The highest BCUT2D eigenvalue weighted by Crippen LogP contribution is 2.21. The van der Waals surface area contributed by atoms with E-state index < -0.39 is 5.82 Å². The van der Waals surface area contributed by atoms with Crippen LogP contribution in [0.3, 0.4) is 0 Å². The van der Waals surface area contributed by atoms with Crippen molar-refractivity contribution >= 4 is 11.8 Å². The fourth-order valence-electron chi connectivity index (χ4n) is 2.02. The first-order valence-corrected chi connectivity index (χ1v) is 6.18. The van der Waals surface area contributed by atoms with Gasteiger partial charge >= 0.3 is 0 Å². The molecular formula is C12H22FN5. The summed E-state index contributed by atoms with van der Waals surface area (Å²) in [6.07, 6.45) is 1.10. The van der Waals surface area contributed by atoms with Crippen LogP contribution in [0.2, 0.25) is 0 Å². The van der Waals surface area contributed by atoms with E-state index in [2.05, 4.69) is 48.4 Å². The first kappa shape index (κ1) is 14.6. The summed E-state index contributed by atoms with van der Waals surface area (Å²) in [6, 6.07) is 0. The Hall–Kier alpha value is -1.43. The van der Waals surface area contributed by atoms with Gasteiger partial charge in [0.25, 0.3) is 0 Å². The van der Waals surface area contributed by atoms with E-state index in [0.717, 1.165) is 6.20 Å². The van der Waals surface area contributed by atoms with Crippen LogP contribution in [0.25, 0.3) is 0 Å². The minimum atomic E-state index is -0.472. The summed E-state index contributed by atoms with van der Waals surface area (Å²) >= 11 is 0. The summed E-state index contributed by atoms with van der Waals surface area (Å²) in [5.74, 6) is 6.60. The summed E-state index contributed by atoms with van der Waals surface area (Å²) in [6.45, 7) is 9.32. The molecule has 1 heterocycles. The second-order valence-electron chi connectivity index (χ2n) is 5.07. The average molecular weight is 255 g/mol. The van der Waals surface area contributed by atoms with Crippen LogP contribution >= 0.6 is 0 Å². The van der Waals surface area contributed by atoms with Gasteiger partial charge in [-0.2, -0.15) is 4.98 Å². The van der Waals surface area contributed by atoms with Crippen LogP contribution in [0.4, 0.5) is 16.2 Å². The lowest BCUT2D eigenvalue weighted by Crippen LogP contribution is -2.25. The highest BCUT2D eigenvalue weighted by atomic mass is 19.1. The van der Waals surface area contributed by atoms with E-state index >= 15 is 0 Å². The van der Waals surface area contributed by atoms with Crippen molar-refractivity contribution in [3.63, 3.8) is 0 Å². The lowest BCUT2D eigenvalue weighted by molar-refractivity contribution is 0.304. The van der Waals surface area contributed by atoms with Crippen molar-refractivity contribution < 1.29 is 4.39 Å². The largest absolute Gasteiger partial charge is 0.367 e. The number of nitrogens with two attached hydrogens (primary N) is 1. The van der Waals surface area contributed by atoms with Crippen molar-refractivity contribution in [2.75, 3.05) is 17.3 Å². The van der Waals surface area contributed by atoms with E-state index in [9.17, 15) is 4.39 Å². The zero-order chi connectivity index (χ0) is 13.7. The van der Waals surface area contributed by atoms with Gasteiger partial charge in [0.05, 0.1) is 6.20 Å². The molecule has 0 aromatic carbocycles. The van der Waals surface area contributed by atoms with Gasteiger partial charge in [0.1, 0.15) is 0 Å². The van der Waals surface area contributed by atoms with E-state index in [0.29, 0.717) is 24.3 Å². The molecule has 0 unspecified atom stereocenters. The molecule has 0 aliphatic rings. The van der Waals surface area contributed by atoms with Crippen LogP contribution in [0.5, 0.6) is 0 Å². The maximum absolute atomic E-state index is 13.5. The maximum Gasteiger partial charge on any atom is 0.239 e. The first-order chi connectivity index (χ1) is 8.45. The van der Waals surface area contributed by atoms with Gasteiger partial charge in [0.15, 0.2) is 11.6 Å². The molecule has 0 bridgehead atoms. The minimum absolute atomic E-state index is 0.184. The SMILES string of the molecule is CC(C)C(CNc1nc(NN)ncc1F)C(C)C. The van der Waals surface area contributed by atoms with E-state index in [1.54, 1.807) is 0 Å². The van der Waals surface area contributed by atoms with Crippen LogP contribution in [0.1, 0.15) is 27.7 Å². The lowest BCUT2D eigenvalue weighted by atomic mass is 9.85. The highest BCUT2D eigenvalue weighted by Gasteiger charge is 2.18. The fourth-order valence-corrected chi connectivity index (χ4v) is 2.02. The molecule has 0 fully saturated rings. The van der Waals surface area contributed by atoms with Crippen LogP contribution < -0.4 is 16.6 Å². The number of hydrazine groups is 1. The third-order valence-corrected chi connectivity index (χ3v) is 3.09. The number of nitrogens with one attached hydrogen (secondary N) is 2. The highest BCUT2D eigenvalue weighted by molar-refractivity contribution is 5.40. The standard InChI is InChI=1S/C12H22FN5/c1-7(2)9(8(3)4)5-15-11-10(13)6-16-12(17-11)18-14/h6-9H,5,14H2,1-4H3,(H2,15,16,17,18). The lowest BCUT2D eigenvalue weighted by Gasteiger charge is -2.25. The molecule has 102 valence electrons. The fraction of sp³-hybridized carbons (Fsp3) is 0.667. The molecule has 0 saturated carbocycles. The molecule has 0 aliphatic heterocycles. The Morgan fingerprint density at radius 1 is 1.28 bits per heavy atom. The van der Waals surface area contributed by atoms with Gasteiger partial charge in [0, 0.05) is 6.54 Å². The topological polar surface area (TPSA) is 75.9 Å². The number of nitrogens with zero attached hydrogens (tertiary/aromatic N) is 2. The summed E-state index contributed by atoms with van der Waals surface area (Å²) in [7, 11) is 0. The first-order valence-electron chi connectivity index (χ1n) is 6.18. The predicted molar refractivity (Wildman–Crippen MR) is 71.5 cm³/mol. The van der Waals surface area contributed by atoms with Gasteiger partial charge < -0.3 is 5.32 Å². The molecule has 0 amide bonds. The summed E-state index contributed by atoms with van der Waals surface area (Å²) in [5.41, 5.74) is 2.30. The van der Waals surface area contributed by atoms with Gasteiger partial charge in [-0.05, 0) is 17.8 Å². The van der Waals surface area contributed by atoms with E-state index in [-0.39, 0.29) is 11.8 Å². The number of hydrogen-bond acceptors (Lipinski definition) is 5. The molecule has 4 N–H and O–H groups in total. The molecule has 0 radical (unpaired) electrons. The van der Waals surface area contributed by atoms with Gasteiger partial charge in [-0.3, -0.25) is 5.43 Å². The Bertz CT molecular complexity index is 373. The molecule has 5 nitrogen and oxygen atoms in total. The number of rotatable bonds is 6. The molecule has 18 heavy (non-hydrogen) atoms. The number of aromatic nitrogens is 2. The van der Waals surface area contributed by atoms with E-state index in [4.69, 9.17) is 5.84 Å². The summed E-state index contributed by atoms with van der Waals surface area (Å²) in [4.78, 5) is 7.64. The zero-order valence-electron chi connectivity index (χ0n) is 11.4. The Balaban J connectivity index is 2.72. The van der Waals surface area contributed by atoms with Crippen LogP contribution in [0.15, 0.2) is 6.20 Å². The Morgan fingerprint density at radius 3 is 2.39 bits per heavy atom. The van der Waals surface area contributed by atoms with Crippen molar-refractivity contribution in [2.24, 2.45) is 23.6 Å². The molecule has 0 saturated heterocycles. The Kier molecular flexibility index (Phi) is 5.27. The van der Waals surface area contributed by atoms with Crippen molar-refractivity contribution in [3.05, 3.63) is 12.0 Å². The third kappa shape index (κ3) is 3.80. The van der Waals surface area contributed by atoms with Crippen molar-refractivity contribution in [1.29, 1.82) is 0 Å². The van der Waals surface area contributed by atoms with Crippen LogP contribution in [0, 0.1) is 23.6 Å². The van der Waals surface area contributed by atoms with Crippen LogP contribution in [-0.2, 0) is 0 Å².